The number of fused-ring (bicyclic) bond motifs is 8. The van der Waals surface area contributed by atoms with E-state index in [2.05, 4.69) is 4.98 Å². The molecule has 1 aliphatic rings. The molecule has 13 heteroatoms. The van der Waals surface area contributed by atoms with E-state index in [1.165, 1.54) is 36.2 Å². The Labute approximate surface area is 306 Å². The van der Waals surface area contributed by atoms with Gasteiger partial charge in [0.2, 0.25) is 0 Å². The Hall–Kier alpha value is -4.10. The Morgan fingerprint density at radius 3 is 2.60 bits per heavy atom. The molecule has 6 rings (SSSR count). The largest absolute Gasteiger partial charge is 0.469 e. The van der Waals surface area contributed by atoms with Gasteiger partial charge in [-0.3, -0.25) is 4.79 Å². The van der Waals surface area contributed by atoms with Crippen molar-refractivity contribution in [1.82, 2.24) is 19.7 Å². The van der Waals surface area contributed by atoms with Crippen molar-refractivity contribution in [3.05, 3.63) is 94.7 Å². The van der Waals surface area contributed by atoms with E-state index in [0.29, 0.717) is 47.4 Å². The minimum Gasteiger partial charge on any atom is -0.469 e. The number of rotatable bonds is 4. The summed E-state index contributed by atoms with van der Waals surface area (Å²) in [5.74, 6) is -3.05. The van der Waals surface area contributed by atoms with E-state index in [0.717, 1.165) is 22.9 Å². The molecule has 1 aliphatic heterocycles. The van der Waals surface area contributed by atoms with E-state index >= 15 is 13.2 Å². The molecule has 0 saturated carbocycles. The fourth-order valence-electron chi connectivity index (χ4n) is 7.31. The van der Waals surface area contributed by atoms with Crippen LogP contribution in [0.3, 0.4) is 0 Å². The highest BCUT2D eigenvalue weighted by atomic mass is 32.2. The summed E-state index contributed by atoms with van der Waals surface area (Å²) >= 11 is 0.914. The first-order chi connectivity index (χ1) is 24.5. The smallest absolute Gasteiger partial charge is 0.308 e. The van der Waals surface area contributed by atoms with Gasteiger partial charge in [-0.15, -0.1) is 0 Å². The molecule has 2 aromatic heterocycles. The second-order valence-corrected chi connectivity index (χ2v) is 18.1. The molecule has 3 aromatic carbocycles. The number of aromatic nitrogens is 4. The number of hydrogen-bond acceptors (Lipinski definition) is 7. The molecule has 4 bridgehead atoms. The molecular formula is C39H43F3N4O4S2. The Kier molecular flexibility index (Phi) is 10.4. The van der Waals surface area contributed by atoms with Crippen LogP contribution in [0.5, 0.6) is 0 Å². The molecule has 52 heavy (non-hydrogen) atoms. The summed E-state index contributed by atoms with van der Waals surface area (Å²) in [5, 5.41) is 5.22. The maximum atomic E-state index is 15.8. The first-order valence-electron chi connectivity index (χ1n) is 17.3. The number of ether oxygens (including phenoxy) is 1. The second kappa shape index (κ2) is 14.4. The highest BCUT2D eigenvalue weighted by Crippen LogP contribution is 2.42. The highest BCUT2D eigenvalue weighted by molar-refractivity contribution is 7.99. The van der Waals surface area contributed by atoms with E-state index in [-0.39, 0.29) is 51.6 Å². The average molecular weight is 753 g/mol. The number of methoxy groups -OCH3 is 1. The topological polar surface area (TPSA) is 107 Å². The summed E-state index contributed by atoms with van der Waals surface area (Å²) < 4.78 is 80.7. The van der Waals surface area contributed by atoms with Crippen LogP contribution in [0.15, 0.2) is 64.5 Å². The van der Waals surface area contributed by atoms with Gasteiger partial charge >= 0.3 is 5.97 Å². The second-order valence-electron chi connectivity index (χ2n) is 14.8. The number of carbonyl (C=O) groups excluding carboxylic acids is 1. The maximum absolute atomic E-state index is 15.8. The molecule has 276 valence electrons. The SMILES string of the molecule is COC(=O)C(C)Cc1cccc([C@@]2(C)CCCC(C)(C)CS(=O)(=O)CCc3c(c(F)c(F)c4[nH]ccc34)Sc3ccc(F)c(c3)-c3nc2nn3C)c1. The van der Waals surface area contributed by atoms with Crippen LogP contribution < -0.4 is 0 Å². The number of sulfone groups is 1. The van der Waals surface area contributed by atoms with Gasteiger partial charge in [0.1, 0.15) is 5.82 Å². The van der Waals surface area contributed by atoms with E-state index < -0.39 is 38.1 Å². The average Bonchev–Trinajstić information content (AvgIpc) is 3.74. The van der Waals surface area contributed by atoms with Crippen molar-refractivity contribution in [3.63, 3.8) is 0 Å². The maximum Gasteiger partial charge on any atom is 0.308 e. The first kappa shape index (κ1) is 37.7. The quantitative estimate of drug-likeness (QED) is 0.184. The number of H-pyrrole nitrogens is 1. The zero-order valence-corrected chi connectivity index (χ0v) is 31.8. The van der Waals surface area contributed by atoms with Crippen LogP contribution in [-0.4, -0.2) is 52.8 Å². The summed E-state index contributed by atoms with van der Waals surface area (Å²) in [6, 6.07) is 13.8. The number of nitrogens with one attached hydrogen (secondary N) is 1. The summed E-state index contributed by atoms with van der Waals surface area (Å²) in [6.45, 7) is 7.68. The third-order valence-corrected chi connectivity index (χ3v) is 13.3. The van der Waals surface area contributed by atoms with Crippen LogP contribution in [0.25, 0.3) is 22.3 Å². The lowest BCUT2D eigenvalue weighted by molar-refractivity contribution is -0.144. The van der Waals surface area contributed by atoms with Gasteiger partial charge in [0.15, 0.2) is 33.1 Å². The molecule has 5 aromatic rings. The van der Waals surface area contributed by atoms with E-state index in [1.807, 2.05) is 52.0 Å². The monoisotopic (exact) mass is 752 g/mol. The fraction of sp³-hybridized carbons (Fsp3) is 0.410. The molecule has 1 unspecified atom stereocenters. The van der Waals surface area contributed by atoms with Gasteiger partial charge in [-0.25, -0.2) is 31.3 Å². The molecule has 8 nitrogen and oxygen atoms in total. The van der Waals surface area contributed by atoms with Gasteiger partial charge in [-0.1, -0.05) is 63.2 Å². The molecule has 1 N–H and O–H groups in total. The minimum atomic E-state index is -3.64. The normalized spacial score (nSPS) is 19.7. The number of esters is 1. The van der Waals surface area contributed by atoms with Crippen molar-refractivity contribution < 1.29 is 31.1 Å². The predicted octanol–water partition coefficient (Wildman–Crippen LogP) is 8.36. The Morgan fingerprint density at radius 1 is 1.08 bits per heavy atom. The predicted molar refractivity (Wildman–Crippen MR) is 197 cm³/mol. The molecule has 2 atom stereocenters. The minimum absolute atomic E-state index is 0.0317. The van der Waals surface area contributed by atoms with Crippen LogP contribution in [-0.2, 0) is 44.7 Å². The van der Waals surface area contributed by atoms with Crippen LogP contribution in [0.2, 0.25) is 0 Å². The summed E-state index contributed by atoms with van der Waals surface area (Å²) in [7, 11) is -0.595. The third kappa shape index (κ3) is 7.52. The number of halogens is 3. The van der Waals surface area contributed by atoms with E-state index in [4.69, 9.17) is 14.8 Å². The molecule has 0 amide bonds. The van der Waals surface area contributed by atoms with Crippen molar-refractivity contribution in [1.29, 1.82) is 0 Å². The van der Waals surface area contributed by atoms with Crippen LogP contribution in [0, 0.1) is 28.8 Å². The Balaban J connectivity index is 1.50. The van der Waals surface area contributed by atoms with Crippen molar-refractivity contribution in [2.45, 2.75) is 75.0 Å². The molecular weight excluding hydrogens is 710 g/mol. The fourth-order valence-corrected chi connectivity index (χ4v) is 10.4. The standard InChI is InChI=1S/C39H43F3N4O4S2/c1-23(36(47)50-6)19-24-9-7-10-25(20-24)39(4)16-8-15-38(2,3)22-52(48,49)18-14-28-27-13-17-43-33(27)31(41)32(42)34(28)51-26-11-12-30(40)29(21-26)35-44-37(39)45-46(35)5/h7,9-13,17,20-21,23,43H,8,14-16,18-19,22H2,1-6H3/t23?,39-/m1/s1. The zero-order chi connectivity index (χ0) is 37.6. The Bertz CT molecular complexity index is 2270. The lowest BCUT2D eigenvalue weighted by Gasteiger charge is -2.31. The molecule has 0 saturated heterocycles. The number of aromatic amines is 1. The number of hydrogen-bond donors (Lipinski definition) is 1. The number of aryl methyl sites for hydroxylation is 2. The Morgan fingerprint density at radius 2 is 1.85 bits per heavy atom. The lowest BCUT2D eigenvalue weighted by Crippen LogP contribution is -2.29. The van der Waals surface area contributed by atoms with Crippen molar-refractivity contribution >= 4 is 38.5 Å². The van der Waals surface area contributed by atoms with Gasteiger partial charge in [0.05, 0.1) is 45.9 Å². The number of benzene rings is 3. The van der Waals surface area contributed by atoms with Crippen molar-refractivity contribution in [2.75, 3.05) is 18.6 Å². The van der Waals surface area contributed by atoms with Crippen LogP contribution in [0.4, 0.5) is 13.2 Å². The molecule has 0 radical (unpaired) electrons. The van der Waals surface area contributed by atoms with Gasteiger partial charge in [0, 0.05) is 23.5 Å². The van der Waals surface area contributed by atoms with E-state index in [1.54, 1.807) is 13.1 Å². The van der Waals surface area contributed by atoms with E-state index in [9.17, 15) is 13.2 Å². The highest BCUT2D eigenvalue weighted by Gasteiger charge is 2.36. The van der Waals surface area contributed by atoms with Gasteiger partial charge in [-0.2, -0.15) is 5.10 Å². The summed E-state index contributed by atoms with van der Waals surface area (Å²) in [6.07, 6.45) is 3.66. The summed E-state index contributed by atoms with van der Waals surface area (Å²) in [5.41, 5.74) is 0.892. The van der Waals surface area contributed by atoms with Gasteiger partial charge in [0.25, 0.3) is 0 Å². The molecule has 0 aliphatic carbocycles. The van der Waals surface area contributed by atoms with Crippen LogP contribution in [0.1, 0.15) is 69.5 Å². The molecule has 0 spiro atoms. The van der Waals surface area contributed by atoms with Crippen molar-refractivity contribution in [2.24, 2.45) is 18.4 Å². The van der Waals surface area contributed by atoms with Gasteiger partial charge in [-0.05, 0) is 79.0 Å². The van der Waals surface area contributed by atoms with Crippen molar-refractivity contribution in [3.8, 4) is 11.4 Å². The number of nitrogens with zero attached hydrogens (tertiary/aromatic N) is 3. The molecule has 0 fully saturated rings. The lowest BCUT2D eigenvalue weighted by atomic mass is 9.75. The summed E-state index contributed by atoms with van der Waals surface area (Å²) in [4.78, 5) is 20.3. The molecule has 3 heterocycles. The van der Waals surface area contributed by atoms with Gasteiger partial charge < -0.3 is 9.72 Å². The first-order valence-corrected chi connectivity index (χ1v) is 19.9. The van der Waals surface area contributed by atoms with Crippen LogP contribution >= 0.6 is 11.8 Å². The third-order valence-electron chi connectivity index (χ3n) is 10.1. The number of carbonyl (C=O) groups is 1. The zero-order valence-electron chi connectivity index (χ0n) is 30.1.